The van der Waals surface area contributed by atoms with Crippen LogP contribution in [0.5, 0.6) is 0 Å². The normalized spacial score (nSPS) is 11.2. The second-order valence-corrected chi connectivity index (χ2v) is 5.03. The minimum absolute atomic E-state index is 0.158. The molecule has 25 heavy (non-hydrogen) atoms. The standard InChI is InChI=1S/C16H13F3N6/c17-16(18,19)10-4-3-5-11(8-10)24-14-13(20)15(23-9-22-14)25-12-6-1-2-7-21-12/h1-9H,20H2,(H2,21,22,23,24,25). The molecule has 0 amide bonds. The Labute approximate surface area is 141 Å². The van der Waals surface area contributed by atoms with E-state index in [1.54, 1.807) is 24.4 Å². The van der Waals surface area contributed by atoms with E-state index in [2.05, 4.69) is 25.6 Å². The molecule has 9 heteroatoms. The Morgan fingerprint density at radius 3 is 2.32 bits per heavy atom. The third-order valence-corrected chi connectivity index (χ3v) is 3.25. The van der Waals surface area contributed by atoms with Crippen LogP contribution in [0.3, 0.4) is 0 Å². The second kappa shape index (κ2) is 6.63. The van der Waals surface area contributed by atoms with Crippen LogP contribution < -0.4 is 16.4 Å². The van der Waals surface area contributed by atoms with Gasteiger partial charge in [-0.25, -0.2) is 15.0 Å². The molecule has 3 aromatic rings. The number of hydrogen-bond acceptors (Lipinski definition) is 6. The van der Waals surface area contributed by atoms with Crippen LogP contribution in [0.4, 0.5) is 42.0 Å². The minimum Gasteiger partial charge on any atom is -0.393 e. The lowest BCUT2D eigenvalue weighted by Crippen LogP contribution is -2.07. The fourth-order valence-corrected chi connectivity index (χ4v) is 2.06. The van der Waals surface area contributed by atoms with Crippen LogP contribution in [-0.4, -0.2) is 15.0 Å². The Morgan fingerprint density at radius 1 is 0.880 bits per heavy atom. The van der Waals surface area contributed by atoms with Gasteiger partial charge < -0.3 is 16.4 Å². The summed E-state index contributed by atoms with van der Waals surface area (Å²) in [7, 11) is 0. The number of anilines is 5. The van der Waals surface area contributed by atoms with Gasteiger partial charge in [0.25, 0.3) is 0 Å². The summed E-state index contributed by atoms with van der Waals surface area (Å²) in [6, 6.07) is 10.0. The number of nitrogens with zero attached hydrogens (tertiary/aromatic N) is 3. The number of hydrogen-bond donors (Lipinski definition) is 3. The molecule has 2 heterocycles. The van der Waals surface area contributed by atoms with Gasteiger partial charge in [-0.1, -0.05) is 12.1 Å². The number of alkyl halides is 3. The van der Waals surface area contributed by atoms with Gasteiger partial charge in [0, 0.05) is 11.9 Å². The number of nitrogens with two attached hydrogens (primary N) is 1. The number of benzene rings is 1. The highest BCUT2D eigenvalue weighted by Crippen LogP contribution is 2.32. The van der Waals surface area contributed by atoms with Gasteiger partial charge in [0.2, 0.25) is 0 Å². The first-order valence-corrected chi connectivity index (χ1v) is 7.16. The molecular formula is C16H13F3N6. The molecule has 6 nitrogen and oxygen atoms in total. The molecule has 0 saturated carbocycles. The Morgan fingerprint density at radius 2 is 1.64 bits per heavy atom. The predicted molar refractivity (Wildman–Crippen MR) is 88.7 cm³/mol. The van der Waals surface area contributed by atoms with Gasteiger partial charge in [-0.2, -0.15) is 13.2 Å². The maximum absolute atomic E-state index is 12.8. The number of pyridine rings is 1. The SMILES string of the molecule is Nc1c(Nc2cccc(C(F)(F)F)c2)ncnc1Nc1ccccn1. The van der Waals surface area contributed by atoms with Crippen molar-refractivity contribution in [1.82, 2.24) is 15.0 Å². The van der Waals surface area contributed by atoms with E-state index in [9.17, 15) is 13.2 Å². The first kappa shape index (κ1) is 16.5. The summed E-state index contributed by atoms with van der Waals surface area (Å²) in [5.41, 5.74) is 5.61. The zero-order valence-electron chi connectivity index (χ0n) is 12.7. The number of aromatic nitrogens is 3. The molecule has 0 radical (unpaired) electrons. The highest BCUT2D eigenvalue weighted by atomic mass is 19.4. The lowest BCUT2D eigenvalue weighted by atomic mass is 10.2. The van der Waals surface area contributed by atoms with Gasteiger partial charge in [-0.05, 0) is 30.3 Å². The lowest BCUT2D eigenvalue weighted by molar-refractivity contribution is -0.137. The Bertz CT molecular complexity index is 867. The average molecular weight is 346 g/mol. The Balaban J connectivity index is 1.85. The summed E-state index contributed by atoms with van der Waals surface area (Å²) in [5.74, 6) is 1.01. The van der Waals surface area contributed by atoms with Crippen molar-refractivity contribution in [3.05, 3.63) is 60.6 Å². The van der Waals surface area contributed by atoms with Crippen LogP contribution >= 0.6 is 0 Å². The molecule has 2 aromatic heterocycles. The van der Waals surface area contributed by atoms with E-state index in [-0.39, 0.29) is 17.2 Å². The van der Waals surface area contributed by atoms with Crippen LogP contribution in [0, 0.1) is 0 Å². The zero-order chi connectivity index (χ0) is 17.9. The van der Waals surface area contributed by atoms with Crippen molar-refractivity contribution in [2.24, 2.45) is 0 Å². The van der Waals surface area contributed by atoms with Gasteiger partial charge in [0.05, 0.1) is 5.56 Å². The van der Waals surface area contributed by atoms with Crippen molar-refractivity contribution >= 4 is 28.8 Å². The Kier molecular flexibility index (Phi) is 4.38. The predicted octanol–water partition coefficient (Wildman–Crippen LogP) is 3.96. The minimum atomic E-state index is -4.43. The summed E-state index contributed by atoms with van der Waals surface area (Å²) in [6.07, 6.45) is -1.58. The molecule has 0 aliphatic heterocycles. The third-order valence-electron chi connectivity index (χ3n) is 3.25. The molecular weight excluding hydrogens is 333 g/mol. The van der Waals surface area contributed by atoms with E-state index in [0.29, 0.717) is 11.6 Å². The van der Waals surface area contributed by atoms with E-state index >= 15 is 0 Å². The average Bonchev–Trinajstić information content (AvgIpc) is 2.59. The third kappa shape index (κ3) is 3.94. The highest BCUT2D eigenvalue weighted by molar-refractivity contribution is 5.79. The number of nitrogen functional groups attached to an aromatic ring is 1. The summed E-state index contributed by atoms with van der Waals surface area (Å²) in [6.45, 7) is 0. The van der Waals surface area contributed by atoms with Crippen molar-refractivity contribution in [2.45, 2.75) is 6.18 Å². The first-order chi connectivity index (χ1) is 11.9. The fourth-order valence-electron chi connectivity index (χ4n) is 2.06. The first-order valence-electron chi connectivity index (χ1n) is 7.16. The zero-order valence-corrected chi connectivity index (χ0v) is 12.7. The largest absolute Gasteiger partial charge is 0.416 e. The van der Waals surface area contributed by atoms with Crippen LogP contribution in [-0.2, 0) is 6.18 Å². The number of halogens is 3. The van der Waals surface area contributed by atoms with Gasteiger partial charge >= 0.3 is 6.18 Å². The summed E-state index contributed by atoms with van der Waals surface area (Å²) in [4.78, 5) is 12.1. The molecule has 128 valence electrons. The van der Waals surface area contributed by atoms with Crippen molar-refractivity contribution in [3.8, 4) is 0 Å². The molecule has 0 saturated heterocycles. The molecule has 0 aliphatic carbocycles. The summed E-state index contributed by atoms with van der Waals surface area (Å²) < 4.78 is 38.4. The van der Waals surface area contributed by atoms with Crippen LogP contribution in [0.15, 0.2) is 55.0 Å². The number of nitrogens with one attached hydrogen (secondary N) is 2. The molecule has 0 atom stereocenters. The quantitative estimate of drug-likeness (QED) is 0.663. The van der Waals surface area contributed by atoms with Gasteiger partial charge in [0.1, 0.15) is 17.8 Å². The fraction of sp³-hybridized carbons (Fsp3) is 0.0625. The van der Waals surface area contributed by atoms with Crippen molar-refractivity contribution in [1.29, 1.82) is 0 Å². The van der Waals surface area contributed by atoms with Gasteiger partial charge in [-0.3, -0.25) is 0 Å². The smallest absolute Gasteiger partial charge is 0.393 e. The summed E-state index contributed by atoms with van der Waals surface area (Å²) in [5, 5.41) is 5.70. The van der Waals surface area contributed by atoms with Crippen molar-refractivity contribution in [3.63, 3.8) is 0 Å². The van der Waals surface area contributed by atoms with E-state index in [0.717, 1.165) is 12.1 Å². The lowest BCUT2D eigenvalue weighted by Gasteiger charge is -2.13. The van der Waals surface area contributed by atoms with Crippen molar-refractivity contribution < 1.29 is 13.2 Å². The molecule has 0 bridgehead atoms. The maximum Gasteiger partial charge on any atom is 0.416 e. The molecule has 0 spiro atoms. The molecule has 0 unspecified atom stereocenters. The topological polar surface area (TPSA) is 88.8 Å². The number of rotatable bonds is 4. The maximum atomic E-state index is 12.8. The Hall–Kier alpha value is -3.36. The highest BCUT2D eigenvalue weighted by Gasteiger charge is 2.30. The summed E-state index contributed by atoms with van der Waals surface area (Å²) >= 11 is 0. The molecule has 4 N–H and O–H groups in total. The van der Waals surface area contributed by atoms with E-state index in [1.165, 1.54) is 18.5 Å². The van der Waals surface area contributed by atoms with E-state index in [4.69, 9.17) is 5.73 Å². The molecule has 0 aliphatic rings. The second-order valence-electron chi connectivity index (χ2n) is 5.03. The van der Waals surface area contributed by atoms with Gasteiger partial charge in [-0.15, -0.1) is 0 Å². The monoisotopic (exact) mass is 346 g/mol. The molecule has 0 fully saturated rings. The van der Waals surface area contributed by atoms with Crippen LogP contribution in [0.2, 0.25) is 0 Å². The van der Waals surface area contributed by atoms with Crippen LogP contribution in [0.1, 0.15) is 5.56 Å². The molecule has 3 rings (SSSR count). The van der Waals surface area contributed by atoms with E-state index < -0.39 is 11.7 Å². The molecule has 1 aromatic carbocycles. The van der Waals surface area contributed by atoms with Crippen LogP contribution in [0.25, 0.3) is 0 Å². The van der Waals surface area contributed by atoms with E-state index in [1.807, 2.05) is 0 Å². The van der Waals surface area contributed by atoms with Crippen molar-refractivity contribution in [2.75, 3.05) is 16.4 Å². The van der Waals surface area contributed by atoms with Gasteiger partial charge in [0.15, 0.2) is 11.6 Å².